The molecule has 5 nitrogen and oxygen atoms in total. The Kier molecular flexibility index (Phi) is 3.69. The molecule has 0 spiro atoms. The van der Waals surface area contributed by atoms with E-state index in [0.29, 0.717) is 0 Å². The molecule has 0 amide bonds. The topological polar surface area (TPSA) is 47.7 Å². The van der Waals surface area contributed by atoms with Crippen molar-refractivity contribution in [3.63, 3.8) is 0 Å². The van der Waals surface area contributed by atoms with Crippen LogP contribution in [0.15, 0.2) is 12.4 Å². The van der Waals surface area contributed by atoms with Gasteiger partial charge >= 0.3 is 0 Å². The van der Waals surface area contributed by atoms with Crippen LogP contribution in [-0.2, 0) is 20.1 Å². The number of anilines is 1. The monoisotopic (exact) mass is 247 g/mol. The molecule has 0 aliphatic heterocycles. The van der Waals surface area contributed by atoms with Crippen LogP contribution in [0, 0.1) is 13.8 Å². The molecule has 0 aliphatic rings. The van der Waals surface area contributed by atoms with E-state index >= 15 is 0 Å². The standard InChI is InChI=1S/C13H21N5/c1-5-6-18-9-12(11(3)16-18)14-8-13-10(2)7-15-17(13)4/h7,9,14H,5-6,8H2,1-4H3. The van der Waals surface area contributed by atoms with Crippen LogP contribution in [0.4, 0.5) is 5.69 Å². The lowest BCUT2D eigenvalue weighted by atomic mass is 10.2. The van der Waals surface area contributed by atoms with Gasteiger partial charge in [-0.05, 0) is 25.8 Å². The molecule has 2 aromatic rings. The number of nitrogens with one attached hydrogen (secondary N) is 1. The third-order valence-electron chi connectivity index (χ3n) is 3.12. The molecule has 2 aromatic heterocycles. The van der Waals surface area contributed by atoms with Crippen LogP contribution < -0.4 is 5.32 Å². The number of hydrogen-bond donors (Lipinski definition) is 1. The van der Waals surface area contributed by atoms with Gasteiger partial charge in [0.05, 0.1) is 29.8 Å². The van der Waals surface area contributed by atoms with Crippen molar-refractivity contribution >= 4 is 5.69 Å². The third kappa shape index (κ3) is 2.55. The second-order valence-electron chi connectivity index (χ2n) is 4.64. The SMILES string of the molecule is CCCn1cc(NCc2c(C)cnn2C)c(C)n1. The second-order valence-corrected chi connectivity index (χ2v) is 4.64. The predicted octanol–water partition coefficient (Wildman–Crippen LogP) is 2.26. The first-order valence-corrected chi connectivity index (χ1v) is 6.37. The molecule has 0 saturated carbocycles. The van der Waals surface area contributed by atoms with Gasteiger partial charge in [-0.1, -0.05) is 6.92 Å². The fourth-order valence-electron chi connectivity index (χ4n) is 2.04. The molecule has 0 unspecified atom stereocenters. The normalized spacial score (nSPS) is 10.9. The van der Waals surface area contributed by atoms with Gasteiger partial charge in [0.2, 0.25) is 0 Å². The van der Waals surface area contributed by atoms with Gasteiger partial charge in [-0.25, -0.2) is 0 Å². The van der Waals surface area contributed by atoms with Crippen LogP contribution in [0.1, 0.15) is 30.3 Å². The van der Waals surface area contributed by atoms with E-state index in [0.717, 1.165) is 30.9 Å². The molecule has 0 atom stereocenters. The van der Waals surface area contributed by atoms with Crippen molar-refractivity contribution in [2.24, 2.45) is 7.05 Å². The van der Waals surface area contributed by atoms with Gasteiger partial charge in [-0.2, -0.15) is 10.2 Å². The van der Waals surface area contributed by atoms with Crippen molar-refractivity contribution in [3.8, 4) is 0 Å². The third-order valence-corrected chi connectivity index (χ3v) is 3.12. The quantitative estimate of drug-likeness (QED) is 0.881. The largest absolute Gasteiger partial charge is 0.377 e. The summed E-state index contributed by atoms with van der Waals surface area (Å²) in [6.07, 6.45) is 5.07. The van der Waals surface area contributed by atoms with Crippen LogP contribution in [0.5, 0.6) is 0 Å². The van der Waals surface area contributed by atoms with Gasteiger partial charge < -0.3 is 5.32 Å². The lowest BCUT2D eigenvalue weighted by molar-refractivity contribution is 0.598. The highest BCUT2D eigenvalue weighted by molar-refractivity contribution is 5.46. The highest BCUT2D eigenvalue weighted by Crippen LogP contribution is 2.15. The first kappa shape index (κ1) is 12.7. The summed E-state index contributed by atoms with van der Waals surface area (Å²) in [5.41, 5.74) is 4.56. The van der Waals surface area contributed by atoms with Crippen LogP contribution in [-0.4, -0.2) is 19.6 Å². The minimum Gasteiger partial charge on any atom is -0.377 e. The van der Waals surface area contributed by atoms with Gasteiger partial charge in [0.1, 0.15) is 0 Å². The van der Waals surface area contributed by atoms with Crippen LogP contribution >= 0.6 is 0 Å². The first-order chi connectivity index (χ1) is 8.61. The van der Waals surface area contributed by atoms with E-state index < -0.39 is 0 Å². The predicted molar refractivity (Wildman–Crippen MR) is 72.5 cm³/mol. The van der Waals surface area contributed by atoms with Gasteiger partial charge in [0.25, 0.3) is 0 Å². The van der Waals surface area contributed by atoms with E-state index in [4.69, 9.17) is 0 Å². The molecular weight excluding hydrogens is 226 g/mol. The Morgan fingerprint density at radius 2 is 2.11 bits per heavy atom. The Hall–Kier alpha value is -1.78. The molecule has 98 valence electrons. The summed E-state index contributed by atoms with van der Waals surface area (Å²) in [6, 6.07) is 0. The fourth-order valence-corrected chi connectivity index (χ4v) is 2.04. The number of aryl methyl sites for hydroxylation is 4. The molecule has 0 aromatic carbocycles. The molecule has 0 bridgehead atoms. The molecule has 2 heterocycles. The van der Waals surface area contributed by atoms with Crippen molar-refractivity contribution in [1.29, 1.82) is 0 Å². The van der Waals surface area contributed by atoms with Crippen LogP contribution in [0.3, 0.4) is 0 Å². The maximum atomic E-state index is 4.48. The van der Waals surface area contributed by atoms with E-state index in [1.807, 2.05) is 29.5 Å². The van der Waals surface area contributed by atoms with Crippen molar-refractivity contribution in [2.75, 3.05) is 5.32 Å². The second kappa shape index (κ2) is 5.25. The van der Waals surface area contributed by atoms with Gasteiger partial charge in [0, 0.05) is 19.8 Å². The number of nitrogens with zero attached hydrogens (tertiary/aromatic N) is 4. The maximum Gasteiger partial charge on any atom is 0.0825 e. The molecule has 1 N–H and O–H groups in total. The molecule has 0 aliphatic carbocycles. The molecule has 0 radical (unpaired) electrons. The zero-order chi connectivity index (χ0) is 13.1. The zero-order valence-corrected chi connectivity index (χ0v) is 11.6. The maximum absolute atomic E-state index is 4.48. The molecule has 0 saturated heterocycles. The van der Waals surface area contributed by atoms with E-state index in [1.54, 1.807) is 0 Å². The highest BCUT2D eigenvalue weighted by Gasteiger charge is 2.07. The Morgan fingerprint density at radius 3 is 2.72 bits per heavy atom. The lowest BCUT2D eigenvalue weighted by Crippen LogP contribution is -2.06. The summed E-state index contributed by atoms with van der Waals surface area (Å²) in [7, 11) is 1.97. The van der Waals surface area contributed by atoms with E-state index in [2.05, 4.69) is 35.6 Å². The average molecular weight is 247 g/mol. The minimum atomic E-state index is 0.779. The highest BCUT2D eigenvalue weighted by atomic mass is 15.3. The first-order valence-electron chi connectivity index (χ1n) is 6.37. The smallest absolute Gasteiger partial charge is 0.0825 e. The Balaban J connectivity index is 2.06. The Morgan fingerprint density at radius 1 is 1.33 bits per heavy atom. The van der Waals surface area contributed by atoms with Crippen molar-refractivity contribution in [3.05, 3.63) is 29.3 Å². The van der Waals surface area contributed by atoms with Crippen LogP contribution in [0.2, 0.25) is 0 Å². The van der Waals surface area contributed by atoms with Crippen LogP contribution in [0.25, 0.3) is 0 Å². The summed E-state index contributed by atoms with van der Waals surface area (Å²) in [4.78, 5) is 0. The minimum absolute atomic E-state index is 0.779. The Labute approximate surface area is 108 Å². The summed E-state index contributed by atoms with van der Waals surface area (Å²) >= 11 is 0. The van der Waals surface area contributed by atoms with Crippen molar-refractivity contribution in [1.82, 2.24) is 19.6 Å². The van der Waals surface area contributed by atoms with Gasteiger partial charge in [-0.15, -0.1) is 0 Å². The van der Waals surface area contributed by atoms with Gasteiger partial charge in [-0.3, -0.25) is 9.36 Å². The molecular formula is C13H21N5. The number of hydrogen-bond acceptors (Lipinski definition) is 3. The lowest BCUT2D eigenvalue weighted by Gasteiger charge is -2.06. The fraction of sp³-hybridized carbons (Fsp3) is 0.538. The molecule has 18 heavy (non-hydrogen) atoms. The summed E-state index contributed by atoms with van der Waals surface area (Å²) in [6.45, 7) is 8.01. The number of aromatic nitrogens is 4. The molecule has 2 rings (SSSR count). The van der Waals surface area contributed by atoms with E-state index in [-0.39, 0.29) is 0 Å². The summed E-state index contributed by atoms with van der Waals surface area (Å²) in [5.74, 6) is 0. The zero-order valence-electron chi connectivity index (χ0n) is 11.6. The van der Waals surface area contributed by atoms with E-state index in [9.17, 15) is 0 Å². The van der Waals surface area contributed by atoms with Crippen molar-refractivity contribution in [2.45, 2.75) is 40.3 Å². The number of rotatable bonds is 5. The summed E-state index contributed by atoms with van der Waals surface area (Å²) < 4.78 is 3.90. The van der Waals surface area contributed by atoms with Crippen molar-refractivity contribution < 1.29 is 0 Å². The van der Waals surface area contributed by atoms with Gasteiger partial charge in [0.15, 0.2) is 0 Å². The average Bonchev–Trinajstić information content (AvgIpc) is 2.82. The van der Waals surface area contributed by atoms with E-state index in [1.165, 1.54) is 11.3 Å². The molecule has 5 heteroatoms. The Bertz CT molecular complexity index is 504. The molecule has 0 fully saturated rings. The summed E-state index contributed by atoms with van der Waals surface area (Å²) in [5, 5.41) is 12.1.